The van der Waals surface area contributed by atoms with Crippen LogP contribution in [0.5, 0.6) is 0 Å². The second-order valence-electron chi connectivity index (χ2n) is 5.49. The molecule has 2 aliphatic heterocycles. The van der Waals surface area contributed by atoms with Crippen LogP contribution in [0.15, 0.2) is 22.8 Å². The highest BCUT2D eigenvalue weighted by atomic mass is 16.5. The summed E-state index contributed by atoms with van der Waals surface area (Å²) in [5.74, 6) is 1.37. The minimum atomic E-state index is 0.0667. The molecule has 5 heteroatoms. The number of furan rings is 1. The van der Waals surface area contributed by atoms with Gasteiger partial charge in [0.05, 0.1) is 19.0 Å². The molecule has 110 valence electrons. The zero-order valence-corrected chi connectivity index (χ0v) is 11.6. The van der Waals surface area contributed by atoms with Gasteiger partial charge in [0.15, 0.2) is 0 Å². The molecule has 2 saturated heterocycles. The Morgan fingerprint density at radius 3 is 3.15 bits per heavy atom. The lowest BCUT2D eigenvalue weighted by atomic mass is 10.1. The Morgan fingerprint density at radius 2 is 2.40 bits per heavy atom. The SMILES string of the molecule is O=C(COC[C@H]1CCCO1)N1CC[C@H](c2ccco2)C1. The van der Waals surface area contributed by atoms with Crippen molar-refractivity contribution in [3.8, 4) is 0 Å². The van der Waals surface area contributed by atoms with Crippen molar-refractivity contribution < 1.29 is 18.7 Å². The quantitative estimate of drug-likeness (QED) is 0.824. The van der Waals surface area contributed by atoms with Crippen LogP contribution in [-0.2, 0) is 14.3 Å². The van der Waals surface area contributed by atoms with E-state index in [-0.39, 0.29) is 18.6 Å². The number of carbonyl (C=O) groups excluding carboxylic acids is 1. The normalized spacial score (nSPS) is 26.3. The van der Waals surface area contributed by atoms with E-state index in [0.29, 0.717) is 12.5 Å². The fourth-order valence-electron chi connectivity index (χ4n) is 2.89. The molecule has 0 radical (unpaired) electrons. The summed E-state index contributed by atoms with van der Waals surface area (Å²) in [4.78, 5) is 13.9. The first-order valence-corrected chi connectivity index (χ1v) is 7.33. The molecule has 0 aliphatic carbocycles. The van der Waals surface area contributed by atoms with Gasteiger partial charge in [-0.3, -0.25) is 4.79 Å². The van der Waals surface area contributed by atoms with Gasteiger partial charge in [-0.15, -0.1) is 0 Å². The van der Waals surface area contributed by atoms with E-state index in [1.807, 2.05) is 17.0 Å². The highest BCUT2D eigenvalue weighted by Gasteiger charge is 2.29. The van der Waals surface area contributed by atoms with Crippen molar-refractivity contribution in [3.63, 3.8) is 0 Å². The fourth-order valence-corrected chi connectivity index (χ4v) is 2.89. The molecular formula is C15H21NO4. The summed E-state index contributed by atoms with van der Waals surface area (Å²) in [6, 6.07) is 3.87. The standard InChI is InChI=1S/C15H21NO4/c17-15(11-18-10-13-3-1-7-19-13)16-6-5-12(9-16)14-4-2-8-20-14/h2,4,8,12-13H,1,3,5-7,9-11H2/t12-,13+/m0/s1. The molecule has 2 atom stereocenters. The smallest absolute Gasteiger partial charge is 0.248 e. The van der Waals surface area contributed by atoms with Gasteiger partial charge in [-0.25, -0.2) is 0 Å². The number of likely N-dealkylation sites (tertiary alicyclic amines) is 1. The van der Waals surface area contributed by atoms with Gasteiger partial charge in [-0.05, 0) is 31.4 Å². The van der Waals surface area contributed by atoms with Crippen molar-refractivity contribution >= 4 is 5.91 Å². The number of hydrogen-bond donors (Lipinski definition) is 0. The van der Waals surface area contributed by atoms with Crippen molar-refractivity contribution in [1.82, 2.24) is 4.90 Å². The van der Waals surface area contributed by atoms with Gasteiger partial charge in [-0.1, -0.05) is 0 Å². The van der Waals surface area contributed by atoms with E-state index >= 15 is 0 Å². The van der Waals surface area contributed by atoms with Crippen LogP contribution in [0.3, 0.4) is 0 Å². The van der Waals surface area contributed by atoms with Gasteiger partial charge in [0.25, 0.3) is 0 Å². The van der Waals surface area contributed by atoms with E-state index in [9.17, 15) is 4.79 Å². The second kappa shape index (κ2) is 6.41. The van der Waals surface area contributed by atoms with Crippen LogP contribution in [0.25, 0.3) is 0 Å². The summed E-state index contributed by atoms with van der Waals surface area (Å²) in [7, 11) is 0. The average Bonchev–Trinajstić information content (AvgIpc) is 3.20. The van der Waals surface area contributed by atoms with Gasteiger partial charge in [-0.2, -0.15) is 0 Å². The van der Waals surface area contributed by atoms with E-state index in [2.05, 4.69) is 0 Å². The first-order valence-electron chi connectivity index (χ1n) is 7.33. The van der Waals surface area contributed by atoms with E-state index in [1.54, 1.807) is 6.26 Å². The average molecular weight is 279 g/mol. The number of nitrogens with zero attached hydrogens (tertiary/aromatic N) is 1. The van der Waals surface area contributed by atoms with Gasteiger partial charge in [0, 0.05) is 25.6 Å². The van der Waals surface area contributed by atoms with Gasteiger partial charge < -0.3 is 18.8 Å². The molecule has 0 aromatic carbocycles. The summed E-state index contributed by atoms with van der Waals surface area (Å²) in [6.07, 6.45) is 4.96. The third-order valence-corrected chi connectivity index (χ3v) is 4.04. The highest BCUT2D eigenvalue weighted by molar-refractivity contribution is 5.77. The minimum absolute atomic E-state index is 0.0667. The Labute approximate surface area is 118 Å². The Morgan fingerprint density at radius 1 is 1.45 bits per heavy atom. The Hall–Kier alpha value is -1.33. The molecule has 1 amide bonds. The highest BCUT2D eigenvalue weighted by Crippen LogP contribution is 2.27. The summed E-state index contributed by atoms with van der Waals surface area (Å²) < 4.78 is 16.4. The molecule has 20 heavy (non-hydrogen) atoms. The Balaban J connectivity index is 1.39. The molecular weight excluding hydrogens is 258 g/mol. The van der Waals surface area contributed by atoms with Gasteiger partial charge >= 0.3 is 0 Å². The molecule has 5 nitrogen and oxygen atoms in total. The maximum Gasteiger partial charge on any atom is 0.248 e. The summed E-state index contributed by atoms with van der Waals surface area (Å²) in [5, 5.41) is 0. The maximum atomic E-state index is 12.1. The maximum absolute atomic E-state index is 12.1. The topological polar surface area (TPSA) is 51.9 Å². The fraction of sp³-hybridized carbons (Fsp3) is 0.667. The van der Waals surface area contributed by atoms with Crippen LogP contribution in [0.4, 0.5) is 0 Å². The third-order valence-electron chi connectivity index (χ3n) is 4.04. The first kappa shape index (κ1) is 13.6. The van der Waals surface area contributed by atoms with Crippen LogP contribution in [-0.4, -0.2) is 49.8 Å². The minimum Gasteiger partial charge on any atom is -0.469 e. The third kappa shape index (κ3) is 3.22. The van der Waals surface area contributed by atoms with Crippen molar-refractivity contribution in [1.29, 1.82) is 0 Å². The predicted octanol–water partition coefficient (Wildman–Crippen LogP) is 1.79. The summed E-state index contributed by atoms with van der Waals surface area (Å²) in [5.41, 5.74) is 0. The molecule has 1 aromatic heterocycles. The lowest BCUT2D eigenvalue weighted by Crippen LogP contribution is -2.32. The first-order chi connectivity index (χ1) is 9.83. The zero-order valence-electron chi connectivity index (χ0n) is 11.6. The molecule has 2 fully saturated rings. The molecule has 0 bridgehead atoms. The molecule has 0 unspecified atom stereocenters. The van der Waals surface area contributed by atoms with Gasteiger partial charge in [0.2, 0.25) is 5.91 Å². The zero-order chi connectivity index (χ0) is 13.8. The predicted molar refractivity (Wildman–Crippen MR) is 72.4 cm³/mol. The van der Waals surface area contributed by atoms with Crippen LogP contribution >= 0.6 is 0 Å². The number of hydrogen-bond acceptors (Lipinski definition) is 4. The van der Waals surface area contributed by atoms with Crippen molar-refractivity contribution in [3.05, 3.63) is 24.2 Å². The summed E-state index contributed by atoms with van der Waals surface area (Å²) in [6.45, 7) is 3.02. The molecule has 1 aromatic rings. The van der Waals surface area contributed by atoms with E-state index in [1.165, 1.54) is 0 Å². The number of amides is 1. The van der Waals surface area contributed by atoms with Crippen LogP contribution in [0.1, 0.15) is 30.9 Å². The largest absolute Gasteiger partial charge is 0.469 e. The molecule has 3 rings (SSSR count). The molecule has 3 heterocycles. The molecule has 0 saturated carbocycles. The van der Waals surface area contributed by atoms with Crippen molar-refractivity contribution in [2.45, 2.75) is 31.3 Å². The van der Waals surface area contributed by atoms with Crippen molar-refractivity contribution in [2.75, 3.05) is 32.9 Å². The lowest BCUT2D eigenvalue weighted by Gasteiger charge is -2.17. The van der Waals surface area contributed by atoms with E-state index in [4.69, 9.17) is 13.9 Å². The lowest BCUT2D eigenvalue weighted by molar-refractivity contribution is -0.136. The Kier molecular flexibility index (Phi) is 4.38. The van der Waals surface area contributed by atoms with Crippen LogP contribution < -0.4 is 0 Å². The molecule has 0 N–H and O–H groups in total. The second-order valence-corrected chi connectivity index (χ2v) is 5.49. The van der Waals surface area contributed by atoms with E-state index < -0.39 is 0 Å². The summed E-state index contributed by atoms with van der Waals surface area (Å²) >= 11 is 0. The molecule has 2 aliphatic rings. The van der Waals surface area contributed by atoms with Crippen LogP contribution in [0.2, 0.25) is 0 Å². The van der Waals surface area contributed by atoms with Crippen molar-refractivity contribution in [2.24, 2.45) is 0 Å². The number of carbonyl (C=O) groups is 1. The monoisotopic (exact) mass is 279 g/mol. The number of rotatable bonds is 5. The number of ether oxygens (including phenoxy) is 2. The molecule has 0 spiro atoms. The Bertz CT molecular complexity index is 425. The van der Waals surface area contributed by atoms with Gasteiger partial charge in [0.1, 0.15) is 12.4 Å². The van der Waals surface area contributed by atoms with Crippen LogP contribution in [0, 0.1) is 0 Å². The van der Waals surface area contributed by atoms with E-state index in [0.717, 1.165) is 44.7 Å².